The summed E-state index contributed by atoms with van der Waals surface area (Å²) in [5.74, 6) is -0.949. The van der Waals surface area contributed by atoms with Gasteiger partial charge in [0.15, 0.2) is 0 Å². The molecule has 110 valence electrons. The van der Waals surface area contributed by atoms with Crippen LogP contribution in [0.5, 0.6) is 0 Å². The fourth-order valence-electron chi connectivity index (χ4n) is 1.43. The number of ether oxygens (including phenoxy) is 1. The molecule has 2 aromatic rings. The van der Waals surface area contributed by atoms with E-state index in [-0.39, 0.29) is 23.4 Å². The zero-order valence-corrected chi connectivity index (χ0v) is 12.0. The number of esters is 1. The van der Waals surface area contributed by atoms with E-state index < -0.39 is 10.9 Å². The van der Waals surface area contributed by atoms with E-state index in [4.69, 9.17) is 9.15 Å². The zero-order valence-electron chi connectivity index (χ0n) is 11.2. The van der Waals surface area contributed by atoms with Gasteiger partial charge in [-0.05, 0) is 31.2 Å². The van der Waals surface area contributed by atoms with Crippen LogP contribution in [-0.2, 0) is 4.74 Å². The summed E-state index contributed by atoms with van der Waals surface area (Å²) in [6, 6.07) is 4.45. The predicted molar refractivity (Wildman–Crippen MR) is 72.2 cm³/mol. The average Bonchev–Trinajstić information content (AvgIpc) is 2.90. The molecule has 2 rings (SSSR count). The largest absolute Gasteiger partial charge is 0.459 e. The number of aromatic nitrogens is 2. The van der Waals surface area contributed by atoms with Gasteiger partial charge in [-0.3, -0.25) is 10.1 Å². The predicted octanol–water partition coefficient (Wildman–Crippen LogP) is 2.61. The number of carbonyl (C=O) groups excluding carboxylic acids is 1. The first kappa shape index (κ1) is 15.0. The van der Waals surface area contributed by atoms with E-state index in [1.165, 1.54) is 12.1 Å². The molecule has 0 unspecified atom stereocenters. The van der Waals surface area contributed by atoms with Gasteiger partial charge in [0.1, 0.15) is 0 Å². The molecule has 0 aliphatic heterocycles. The van der Waals surface area contributed by atoms with Crippen LogP contribution in [0.4, 0.5) is 5.69 Å². The minimum atomic E-state index is -0.701. The van der Waals surface area contributed by atoms with Gasteiger partial charge in [0.05, 0.1) is 11.5 Å². The van der Waals surface area contributed by atoms with Crippen LogP contribution in [0.2, 0.25) is 0 Å². The van der Waals surface area contributed by atoms with E-state index in [2.05, 4.69) is 10.2 Å². The summed E-state index contributed by atoms with van der Waals surface area (Å²) in [6.07, 6.45) is 0. The monoisotopic (exact) mass is 309 g/mol. The van der Waals surface area contributed by atoms with E-state index in [1.807, 2.05) is 0 Å². The second kappa shape index (κ2) is 6.35. The molecule has 0 spiro atoms. The second-order valence-corrected chi connectivity index (χ2v) is 4.90. The van der Waals surface area contributed by atoms with Crippen LogP contribution < -0.4 is 0 Å². The number of hydrogen-bond donors (Lipinski definition) is 0. The van der Waals surface area contributed by atoms with Crippen LogP contribution in [0.15, 0.2) is 32.7 Å². The molecule has 0 amide bonds. The van der Waals surface area contributed by atoms with Crippen molar-refractivity contribution < 1.29 is 18.9 Å². The molecule has 1 aromatic carbocycles. The number of nitro groups is 1. The molecular weight excluding hydrogens is 298 g/mol. The van der Waals surface area contributed by atoms with Crippen molar-refractivity contribution in [3.63, 3.8) is 0 Å². The molecule has 0 N–H and O–H groups in total. The van der Waals surface area contributed by atoms with E-state index in [0.717, 1.165) is 17.3 Å². The van der Waals surface area contributed by atoms with Gasteiger partial charge in [-0.2, -0.15) is 0 Å². The lowest BCUT2D eigenvalue weighted by Gasteiger charge is -2.01. The lowest BCUT2D eigenvalue weighted by atomic mass is 10.2. The van der Waals surface area contributed by atoms with E-state index in [0.29, 0.717) is 4.90 Å². The lowest BCUT2D eigenvalue weighted by molar-refractivity contribution is -0.385. The molecule has 0 atom stereocenters. The van der Waals surface area contributed by atoms with Crippen LogP contribution >= 0.6 is 11.8 Å². The third-order valence-corrected chi connectivity index (χ3v) is 3.44. The van der Waals surface area contributed by atoms with Gasteiger partial charge in [-0.15, -0.1) is 5.10 Å². The summed E-state index contributed by atoms with van der Waals surface area (Å²) >= 11 is 1.05. The third-order valence-electron chi connectivity index (χ3n) is 2.44. The Morgan fingerprint density at radius 1 is 1.48 bits per heavy atom. The van der Waals surface area contributed by atoms with Crippen LogP contribution in [0.3, 0.4) is 0 Å². The summed E-state index contributed by atoms with van der Waals surface area (Å²) < 4.78 is 9.89. The Bertz CT molecular complexity index is 685. The van der Waals surface area contributed by atoms with E-state index >= 15 is 0 Å². The Morgan fingerprint density at radius 3 is 2.90 bits per heavy atom. The molecule has 0 saturated heterocycles. The summed E-state index contributed by atoms with van der Waals surface area (Å²) in [7, 11) is 0. The van der Waals surface area contributed by atoms with Gasteiger partial charge in [0.25, 0.3) is 10.9 Å². The van der Waals surface area contributed by atoms with Crippen molar-refractivity contribution in [2.45, 2.75) is 24.0 Å². The Labute approximate surface area is 123 Å². The number of carbonyl (C=O) groups is 1. The first-order valence-electron chi connectivity index (χ1n) is 5.94. The first-order valence-corrected chi connectivity index (χ1v) is 6.76. The van der Waals surface area contributed by atoms with Gasteiger partial charge in [-0.25, -0.2) is 4.79 Å². The van der Waals surface area contributed by atoms with Crippen LogP contribution in [0.1, 0.15) is 23.2 Å². The topological polar surface area (TPSA) is 108 Å². The molecule has 0 aliphatic carbocycles. The van der Waals surface area contributed by atoms with Crippen molar-refractivity contribution >= 4 is 23.4 Å². The number of rotatable bonds is 5. The number of aryl methyl sites for hydroxylation is 1. The van der Waals surface area contributed by atoms with Gasteiger partial charge in [0, 0.05) is 17.0 Å². The number of hydrogen-bond acceptors (Lipinski definition) is 8. The molecule has 1 heterocycles. The van der Waals surface area contributed by atoms with Crippen molar-refractivity contribution in [2.24, 2.45) is 0 Å². The summed E-state index contributed by atoms with van der Waals surface area (Å²) in [5.41, 5.74) is 0.787. The van der Waals surface area contributed by atoms with E-state index in [9.17, 15) is 14.9 Å². The normalized spacial score (nSPS) is 10.4. The summed E-state index contributed by atoms with van der Waals surface area (Å²) in [4.78, 5) is 22.3. The van der Waals surface area contributed by atoms with Crippen molar-refractivity contribution in [3.05, 3.63) is 39.8 Å². The minimum Gasteiger partial charge on any atom is -0.459 e. The highest BCUT2D eigenvalue weighted by Crippen LogP contribution is 2.32. The Hall–Kier alpha value is -2.42. The van der Waals surface area contributed by atoms with Gasteiger partial charge < -0.3 is 9.15 Å². The van der Waals surface area contributed by atoms with Crippen molar-refractivity contribution in [1.29, 1.82) is 0 Å². The number of nitrogens with zero attached hydrogens (tertiary/aromatic N) is 3. The molecule has 21 heavy (non-hydrogen) atoms. The number of benzene rings is 1. The van der Waals surface area contributed by atoms with Crippen molar-refractivity contribution in [1.82, 2.24) is 10.2 Å². The van der Waals surface area contributed by atoms with Crippen molar-refractivity contribution in [2.75, 3.05) is 6.61 Å². The van der Waals surface area contributed by atoms with Gasteiger partial charge in [-0.1, -0.05) is 11.2 Å². The maximum Gasteiger partial charge on any atom is 0.396 e. The molecule has 0 bridgehead atoms. The Kier molecular flexibility index (Phi) is 4.53. The average molecular weight is 309 g/mol. The molecule has 8 nitrogen and oxygen atoms in total. The Balaban J connectivity index is 2.20. The number of non-ortho nitro benzene ring substituents is 1. The van der Waals surface area contributed by atoms with Crippen LogP contribution in [0, 0.1) is 17.0 Å². The molecule has 0 saturated carbocycles. The summed E-state index contributed by atoms with van der Waals surface area (Å²) in [5, 5.41) is 18.2. The SMILES string of the molecule is CCOC(=O)c1nnc(Sc2cc([N+](=O)[O-])ccc2C)o1. The van der Waals surface area contributed by atoms with Crippen LogP contribution in [-0.4, -0.2) is 27.7 Å². The molecular formula is C12H11N3O5S. The van der Waals surface area contributed by atoms with E-state index in [1.54, 1.807) is 19.9 Å². The second-order valence-electron chi connectivity index (χ2n) is 3.90. The third kappa shape index (κ3) is 3.57. The molecule has 1 aromatic heterocycles. The quantitative estimate of drug-likeness (QED) is 0.471. The maximum atomic E-state index is 11.4. The highest BCUT2D eigenvalue weighted by Gasteiger charge is 2.18. The molecule has 0 radical (unpaired) electrons. The molecule has 9 heteroatoms. The standard InChI is InChI=1S/C12H11N3O5S/c1-3-19-11(16)10-13-14-12(20-10)21-9-6-8(15(17)18)5-4-7(9)2/h4-6H,3H2,1-2H3. The van der Waals surface area contributed by atoms with Crippen molar-refractivity contribution in [3.8, 4) is 0 Å². The molecule has 0 fully saturated rings. The fourth-order valence-corrected chi connectivity index (χ4v) is 2.23. The highest BCUT2D eigenvalue weighted by molar-refractivity contribution is 7.99. The Morgan fingerprint density at radius 2 is 2.24 bits per heavy atom. The summed E-state index contributed by atoms with van der Waals surface area (Å²) in [6.45, 7) is 3.67. The fraction of sp³-hybridized carbons (Fsp3) is 0.250. The van der Waals surface area contributed by atoms with Crippen LogP contribution in [0.25, 0.3) is 0 Å². The lowest BCUT2D eigenvalue weighted by Crippen LogP contribution is -2.04. The van der Waals surface area contributed by atoms with Gasteiger partial charge >= 0.3 is 11.9 Å². The maximum absolute atomic E-state index is 11.4. The minimum absolute atomic E-state index is 0.0340. The van der Waals surface area contributed by atoms with Gasteiger partial charge in [0.2, 0.25) is 0 Å². The molecule has 0 aliphatic rings. The zero-order chi connectivity index (χ0) is 15.4. The highest BCUT2D eigenvalue weighted by atomic mass is 32.2. The number of nitro benzene ring substituents is 1. The smallest absolute Gasteiger partial charge is 0.396 e. The first-order chi connectivity index (χ1) is 10.0.